The van der Waals surface area contributed by atoms with E-state index in [9.17, 15) is 4.21 Å². The minimum Gasteiger partial charge on any atom is -0.365 e. The zero-order valence-electron chi connectivity index (χ0n) is 12.4. The van der Waals surface area contributed by atoms with Crippen molar-refractivity contribution < 1.29 is 4.21 Å². The molecule has 0 radical (unpaired) electrons. The van der Waals surface area contributed by atoms with Crippen LogP contribution in [-0.2, 0) is 11.0 Å². The second-order valence-electron chi connectivity index (χ2n) is 5.88. The summed E-state index contributed by atoms with van der Waals surface area (Å²) in [7, 11) is -1.31. The SMILES string of the molecule is C/C(=N\[S@@](=O)C(C)(C)C)C1=Cc2cc(Cl)ccc2NC1Cl. The molecule has 1 N–H and O–H groups in total. The Balaban J connectivity index is 2.39. The van der Waals surface area contributed by atoms with Crippen molar-refractivity contribution in [3.05, 3.63) is 34.4 Å². The molecule has 1 aromatic rings. The molecule has 1 aliphatic rings. The maximum absolute atomic E-state index is 12.1. The first-order valence-electron chi connectivity index (χ1n) is 6.58. The van der Waals surface area contributed by atoms with E-state index in [-0.39, 0.29) is 0 Å². The summed E-state index contributed by atoms with van der Waals surface area (Å²) in [6.07, 6.45) is 1.94. The van der Waals surface area contributed by atoms with Gasteiger partial charge in [-0.25, -0.2) is 4.21 Å². The van der Waals surface area contributed by atoms with Gasteiger partial charge in [-0.3, -0.25) is 0 Å². The maximum Gasteiger partial charge on any atom is 0.145 e. The van der Waals surface area contributed by atoms with E-state index in [4.69, 9.17) is 23.2 Å². The number of anilines is 1. The molecule has 1 heterocycles. The van der Waals surface area contributed by atoms with Crippen LogP contribution in [0, 0.1) is 0 Å². The molecule has 21 heavy (non-hydrogen) atoms. The Kier molecular flexibility index (Phi) is 4.81. The van der Waals surface area contributed by atoms with Crippen LogP contribution in [0.4, 0.5) is 5.69 Å². The highest BCUT2D eigenvalue weighted by Crippen LogP contribution is 2.31. The van der Waals surface area contributed by atoms with Gasteiger partial charge in [-0.2, -0.15) is 4.40 Å². The third-order valence-corrected chi connectivity index (χ3v) is 5.11. The average molecular weight is 345 g/mol. The quantitative estimate of drug-likeness (QED) is 0.482. The molecule has 1 unspecified atom stereocenters. The maximum atomic E-state index is 12.1. The molecule has 0 amide bonds. The van der Waals surface area contributed by atoms with E-state index >= 15 is 0 Å². The predicted molar refractivity (Wildman–Crippen MR) is 93.7 cm³/mol. The van der Waals surface area contributed by atoms with Gasteiger partial charge in [0.25, 0.3) is 0 Å². The van der Waals surface area contributed by atoms with Crippen molar-refractivity contribution in [2.45, 2.75) is 37.9 Å². The van der Waals surface area contributed by atoms with Crippen molar-refractivity contribution in [2.75, 3.05) is 5.32 Å². The Bertz CT molecular complexity index is 648. The topological polar surface area (TPSA) is 41.5 Å². The number of hydrogen-bond acceptors (Lipinski definition) is 2. The van der Waals surface area contributed by atoms with Crippen LogP contribution >= 0.6 is 23.2 Å². The number of hydrogen-bond donors (Lipinski definition) is 1. The molecular weight excluding hydrogens is 327 g/mol. The van der Waals surface area contributed by atoms with E-state index < -0.39 is 21.2 Å². The van der Waals surface area contributed by atoms with Crippen molar-refractivity contribution in [3.63, 3.8) is 0 Å². The molecule has 0 aromatic heterocycles. The van der Waals surface area contributed by atoms with Crippen LogP contribution in [0.1, 0.15) is 33.3 Å². The van der Waals surface area contributed by atoms with Crippen LogP contribution in [-0.4, -0.2) is 20.2 Å². The summed E-state index contributed by atoms with van der Waals surface area (Å²) in [5.41, 5.74) is 2.95. The molecule has 1 aromatic carbocycles. The fourth-order valence-corrected chi connectivity index (χ4v) is 2.99. The lowest BCUT2D eigenvalue weighted by Crippen LogP contribution is -2.25. The molecule has 0 bridgehead atoms. The van der Waals surface area contributed by atoms with Crippen molar-refractivity contribution >= 4 is 51.7 Å². The number of rotatable bonds is 2. The smallest absolute Gasteiger partial charge is 0.145 e. The fraction of sp³-hybridized carbons (Fsp3) is 0.400. The zero-order chi connectivity index (χ0) is 15.8. The Hall–Kier alpha value is -0.840. The van der Waals surface area contributed by atoms with Gasteiger partial charge in [-0.15, -0.1) is 0 Å². The first-order chi connectivity index (χ1) is 9.68. The Morgan fingerprint density at radius 1 is 1.38 bits per heavy atom. The summed E-state index contributed by atoms with van der Waals surface area (Å²) in [5.74, 6) is 0. The largest absolute Gasteiger partial charge is 0.365 e. The van der Waals surface area contributed by atoms with Gasteiger partial charge >= 0.3 is 0 Å². The predicted octanol–water partition coefficient (Wildman–Crippen LogP) is 4.64. The molecular formula is C15H18Cl2N2OS. The first-order valence-corrected chi connectivity index (χ1v) is 8.50. The number of nitrogens with zero attached hydrogens (tertiary/aromatic N) is 1. The summed E-state index contributed by atoms with van der Waals surface area (Å²) >= 11 is 12.4. The summed E-state index contributed by atoms with van der Waals surface area (Å²) in [6, 6.07) is 5.56. The van der Waals surface area contributed by atoms with Crippen LogP contribution in [0.15, 0.2) is 28.2 Å². The van der Waals surface area contributed by atoms with Crippen LogP contribution < -0.4 is 5.32 Å². The van der Waals surface area contributed by atoms with Gasteiger partial charge < -0.3 is 5.32 Å². The lowest BCUT2D eigenvalue weighted by molar-refractivity contribution is 0.650. The van der Waals surface area contributed by atoms with Crippen molar-refractivity contribution in [2.24, 2.45) is 4.40 Å². The minimum atomic E-state index is -1.31. The Morgan fingerprint density at radius 3 is 2.67 bits per heavy atom. The minimum absolute atomic E-state index is 0.396. The van der Waals surface area contributed by atoms with E-state index in [0.717, 1.165) is 16.8 Å². The van der Waals surface area contributed by atoms with Crippen LogP contribution in [0.5, 0.6) is 0 Å². The molecule has 0 saturated heterocycles. The molecule has 2 atom stereocenters. The summed E-state index contributed by atoms with van der Waals surface area (Å²) in [6.45, 7) is 7.49. The molecule has 3 nitrogen and oxygen atoms in total. The van der Waals surface area contributed by atoms with Gasteiger partial charge in [0.1, 0.15) is 16.5 Å². The number of halogens is 2. The van der Waals surface area contributed by atoms with E-state index in [1.54, 1.807) is 0 Å². The van der Waals surface area contributed by atoms with Crippen LogP contribution in [0.3, 0.4) is 0 Å². The van der Waals surface area contributed by atoms with Crippen molar-refractivity contribution in [1.29, 1.82) is 0 Å². The zero-order valence-corrected chi connectivity index (χ0v) is 14.7. The molecule has 2 rings (SSSR count). The van der Waals surface area contributed by atoms with Gasteiger partial charge in [0, 0.05) is 16.3 Å². The summed E-state index contributed by atoms with van der Waals surface area (Å²) in [5, 5.41) is 3.85. The fourth-order valence-electron chi connectivity index (χ4n) is 1.84. The second-order valence-corrected chi connectivity index (χ2v) is 8.65. The number of fused-ring (bicyclic) bond motifs is 1. The van der Waals surface area contributed by atoms with Gasteiger partial charge in [0.15, 0.2) is 0 Å². The molecule has 114 valence electrons. The van der Waals surface area contributed by atoms with Crippen LogP contribution in [0.25, 0.3) is 6.08 Å². The Labute approximate surface area is 138 Å². The van der Waals surface area contributed by atoms with E-state index in [2.05, 4.69) is 9.71 Å². The molecule has 0 aliphatic carbocycles. The molecule has 1 aliphatic heterocycles. The molecule has 0 fully saturated rings. The molecule has 0 saturated carbocycles. The number of benzene rings is 1. The van der Waals surface area contributed by atoms with Gasteiger partial charge in [-0.1, -0.05) is 23.2 Å². The highest BCUT2D eigenvalue weighted by Gasteiger charge is 2.24. The van der Waals surface area contributed by atoms with Gasteiger partial charge in [0.05, 0.1) is 10.5 Å². The third-order valence-electron chi connectivity index (χ3n) is 3.04. The summed E-state index contributed by atoms with van der Waals surface area (Å²) in [4.78, 5) is 0. The number of alkyl halides is 1. The van der Waals surface area contributed by atoms with E-state index in [1.165, 1.54) is 0 Å². The lowest BCUT2D eigenvalue weighted by Gasteiger charge is -2.24. The lowest BCUT2D eigenvalue weighted by atomic mass is 10.0. The van der Waals surface area contributed by atoms with E-state index in [0.29, 0.717) is 10.7 Å². The Morgan fingerprint density at radius 2 is 2.05 bits per heavy atom. The molecule has 0 spiro atoms. The second kappa shape index (κ2) is 6.11. The van der Waals surface area contributed by atoms with Gasteiger partial charge in [-0.05, 0) is 57.5 Å². The summed E-state index contributed by atoms with van der Waals surface area (Å²) < 4.78 is 16.0. The van der Waals surface area contributed by atoms with Crippen LogP contribution in [0.2, 0.25) is 5.02 Å². The highest BCUT2D eigenvalue weighted by molar-refractivity contribution is 7.85. The monoisotopic (exact) mass is 344 g/mol. The normalized spacial score (nSPS) is 20.4. The van der Waals surface area contributed by atoms with E-state index in [1.807, 2.05) is 52.0 Å². The van der Waals surface area contributed by atoms with Crippen molar-refractivity contribution in [1.82, 2.24) is 0 Å². The van der Waals surface area contributed by atoms with Gasteiger partial charge in [0.2, 0.25) is 0 Å². The first kappa shape index (κ1) is 16.5. The third kappa shape index (κ3) is 3.87. The average Bonchev–Trinajstić information content (AvgIpc) is 2.37. The standard InChI is InChI=1S/C15H18Cl2N2OS/c1-9(19-21(20)15(2,3)4)12-8-10-7-11(16)5-6-13(10)18-14(12)17/h5-8,14,18H,1-4H3/b19-9+/t14?,21-/m0/s1. The highest BCUT2D eigenvalue weighted by atomic mass is 35.5. The number of nitrogens with one attached hydrogen (secondary N) is 1. The molecule has 6 heteroatoms. The van der Waals surface area contributed by atoms with Crippen molar-refractivity contribution in [3.8, 4) is 0 Å².